The summed E-state index contributed by atoms with van der Waals surface area (Å²) < 4.78 is 6.41. The van der Waals surface area contributed by atoms with Crippen molar-refractivity contribution in [2.24, 2.45) is 0 Å². The van der Waals surface area contributed by atoms with Gasteiger partial charge in [0, 0.05) is 17.0 Å². The van der Waals surface area contributed by atoms with E-state index in [-0.39, 0.29) is 11.9 Å². The minimum atomic E-state index is -0.261. The lowest BCUT2D eigenvalue weighted by atomic mass is 9.80. The number of rotatable bonds is 6. The Balaban J connectivity index is 1.67. The lowest BCUT2D eigenvalue weighted by Gasteiger charge is -2.25. The van der Waals surface area contributed by atoms with Gasteiger partial charge >= 0.3 is 5.97 Å². The highest BCUT2D eigenvalue weighted by atomic mass is 32.2. The van der Waals surface area contributed by atoms with Gasteiger partial charge in [-0.3, -0.25) is 0 Å². The van der Waals surface area contributed by atoms with Crippen molar-refractivity contribution in [1.29, 1.82) is 5.41 Å². The topological polar surface area (TPSA) is 50.2 Å². The minimum absolute atomic E-state index is 0.223. The maximum absolute atomic E-state index is 12.7. The van der Waals surface area contributed by atoms with Crippen molar-refractivity contribution in [2.45, 2.75) is 42.6 Å². The van der Waals surface area contributed by atoms with Gasteiger partial charge in [0.15, 0.2) is 0 Å². The van der Waals surface area contributed by atoms with Crippen molar-refractivity contribution >= 4 is 34.8 Å². The van der Waals surface area contributed by atoms with E-state index in [0.29, 0.717) is 23.6 Å². The first-order valence-electron chi connectivity index (χ1n) is 10.2. The monoisotopic (exact) mass is 435 g/mol. The summed E-state index contributed by atoms with van der Waals surface area (Å²) in [6.45, 7) is 4.27. The molecule has 30 heavy (non-hydrogen) atoms. The SMILES string of the molecule is CCOC(=O)c1sc(SCc2ccccc2)c2c1CC(c1ccc(C)cc1)CC2=N. The minimum Gasteiger partial charge on any atom is -0.462 e. The zero-order valence-electron chi connectivity index (χ0n) is 17.2. The van der Waals surface area contributed by atoms with Gasteiger partial charge in [-0.15, -0.1) is 23.1 Å². The van der Waals surface area contributed by atoms with E-state index in [9.17, 15) is 4.79 Å². The zero-order chi connectivity index (χ0) is 21.1. The number of benzene rings is 2. The Morgan fingerprint density at radius 2 is 1.87 bits per heavy atom. The number of carbonyl (C=O) groups excluding carboxylic acids is 1. The molecule has 0 fully saturated rings. The predicted molar refractivity (Wildman–Crippen MR) is 125 cm³/mol. The van der Waals surface area contributed by atoms with Crippen LogP contribution in [0.3, 0.4) is 0 Å². The number of hydrogen-bond donors (Lipinski definition) is 1. The fourth-order valence-corrected chi connectivity index (χ4v) is 6.40. The Bertz CT molecular complexity index is 1050. The average Bonchev–Trinajstić information content (AvgIpc) is 3.13. The molecule has 154 valence electrons. The molecule has 0 spiro atoms. The number of hydrogen-bond acceptors (Lipinski definition) is 5. The van der Waals surface area contributed by atoms with Crippen LogP contribution in [0.15, 0.2) is 58.8 Å². The molecule has 1 aliphatic rings. The molecule has 1 atom stereocenters. The normalized spacial score (nSPS) is 15.7. The van der Waals surface area contributed by atoms with Gasteiger partial charge in [-0.1, -0.05) is 60.2 Å². The van der Waals surface area contributed by atoms with Crippen LogP contribution in [0.2, 0.25) is 0 Å². The maximum atomic E-state index is 12.7. The molecule has 5 heteroatoms. The molecule has 0 amide bonds. The van der Waals surface area contributed by atoms with Crippen LogP contribution in [0.25, 0.3) is 0 Å². The summed E-state index contributed by atoms with van der Waals surface area (Å²) in [5.41, 5.74) is 6.29. The van der Waals surface area contributed by atoms with Crippen LogP contribution < -0.4 is 0 Å². The molecule has 3 nitrogen and oxygen atoms in total. The van der Waals surface area contributed by atoms with Gasteiger partial charge in [-0.05, 0) is 49.3 Å². The van der Waals surface area contributed by atoms with Crippen molar-refractivity contribution in [1.82, 2.24) is 0 Å². The van der Waals surface area contributed by atoms with Crippen molar-refractivity contribution in [3.63, 3.8) is 0 Å². The molecule has 0 saturated carbocycles. The molecular formula is C25H25NO2S2. The molecule has 0 radical (unpaired) electrons. The fourth-order valence-electron chi connectivity index (χ4n) is 3.87. The lowest BCUT2D eigenvalue weighted by Crippen LogP contribution is -2.20. The van der Waals surface area contributed by atoms with E-state index in [1.54, 1.807) is 11.8 Å². The number of nitrogens with one attached hydrogen (secondary N) is 1. The highest BCUT2D eigenvalue weighted by Gasteiger charge is 2.33. The van der Waals surface area contributed by atoms with E-state index >= 15 is 0 Å². The third-order valence-electron chi connectivity index (χ3n) is 5.40. The maximum Gasteiger partial charge on any atom is 0.348 e. The third kappa shape index (κ3) is 4.37. The van der Waals surface area contributed by atoms with Crippen LogP contribution >= 0.6 is 23.1 Å². The van der Waals surface area contributed by atoms with Crippen LogP contribution in [0.5, 0.6) is 0 Å². The molecule has 2 aromatic carbocycles. The first-order chi connectivity index (χ1) is 14.6. The van der Waals surface area contributed by atoms with Crippen LogP contribution in [-0.2, 0) is 16.9 Å². The van der Waals surface area contributed by atoms with Gasteiger partial charge in [0.2, 0.25) is 0 Å². The zero-order valence-corrected chi connectivity index (χ0v) is 18.9. The number of esters is 1. The van der Waals surface area contributed by atoms with Gasteiger partial charge in [0.1, 0.15) is 4.88 Å². The highest BCUT2D eigenvalue weighted by molar-refractivity contribution is 8.00. The molecule has 0 bridgehead atoms. The van der Waals surface area contributed by atoms with Crippen molar-refractivity contribution in [3.05, 3.63) is 87.3 Å². The quantitative estimate of drug-likeness (QED) is 0.349. The van der Waals surface area contributed by atoms with E-state index in [2.05, 4.69) is 43.3 Å². The third-order valence-corrected chi connectivity index (χ3v) is 7.95. The molecule has 0 saturated heterocycles. The Morgan fingerprint density at radius 1 is 1.13 bits per heavy atom. The summed E-state index contributed by atoms with van der Waals surface area (Å²) >= 11 is 3.21. The molecule has 3 aromatic rings. The van der Waals surface area contributed by atoms with Gasteiger partial charge < -0.3 is 10.1 Å². The standard InChI is InChI=1S/C25H25NO2S2/c1-3-28-24(27)23-20-13-19(18-11-9-16(2)10-12-18)14-21(26)22(20)25(30-23)29-15-17-7-5-4-6-8-17/h4-12,19,26H,3,13-15H2,1-2H3. The van der Waals surface area contributed by atoms with Crippen molar-refractivity contribution in [2.75, 3.05) is 6.61 Å². The van der Waals surface area contributed by atoms with E-state index < -0.39 is 0 Å². The van der Waals surface area contributed by atoms with E-state index in [1.165, 1.54) is 28.0 Å². The first-order valence-corrected chi connectivity index (χ1v) is 12.0. The fraction of sp³-hybridized carbons (Fsp3) is 0.280. The average molecular weight is 436 g/mol. The highest BCUT2D eigenvalue weighted by Crippen LogP contribution is 2.44. The molecule has 1 unspecified atom stereocenters. The number of fused-ring (bicyclic) bond motifs is 1. The van der Waals surface area contributed by atoms with E-state index in [4.69, 9.17) is 10.1 Å². The largest absolute Gasteiger partial charge is 0.462 e. The van der Waals surface area contributed by atoms with Gasteiger partial charge in [-0.25, -0.2) is 4.79 Å². The van der Waals surface area contributed by atoms with Crippen molar-refractivity contribution in [3.8, 4) is 0 Å². The summed E-state index contributed by atoms with van der Waals surface area (Å²) in [6.07, 6.45) is 1.48. The second kappa shape index (κ2) is 9.19. The number of carbonyl (C=O) groups is 1. The van der Waals surface area contributed by atoms with Gasteiger partial charge in [-0.2, -0.15) is 0 Å². The van der Waals surface area contributed by atoms with Gasteiger partial charge in [0.25, 0.3) is 0 Å². The summed E-state index contributed by atoms with van der Waals surface area (Å²) in [5, 5.41) is 8.81. The number of thiophene rings is 1. The Morgan fingerprint density at radius 3 is 2.57 bits per heavy atom. The molecule has 0 aliphatic heterocycles. The Labute approximate surface area is 186 Å². The van der Waals surface area contributed by atoms with Gasteiger partial charge in [0.05, 0.1) is 10.8 Å². The Kier molecular flexibility index (Phi) is 6.40. The van der Waals surface area contributed by atoms with E-state index in [1.807, 2.05) is 25.1 Å². The number of thioether (sulfide) groups is 1. The Hall–Kier alpha value is -2.37. The summed E-state index contributed by atoms with van der Waals surface area (Å²) in [5.74, 6) is 0.785. The van der Waals surface area contributed by atoms with Crippen LogP contribution in [0, 0.1) is 12.3 Å². The number of aryl methyl sites for hydroxylation is 1. The second-order valence-electron chi connectivity index (χ2n) is 7.56. The number of ether oxygens (including phenoxy) is 1. The smallest absolute Gasteiger partial charge is 0.348 e. The summed E-state index contributed by atoms with van der Waals surface area (Å²) in [6, 6.07) is 18.9. The predicted octanol–water partition coefficient (Wildman–Crippen LogP) is 6.62. The second-order valence-corrected chi connectivity index (χ2v) is 9.83. The van der Waals surface area contributed by atoms with Crippen LogP contribution in [0.4, 0.5) is 0 Å². The molecule has 1 aromatic heterocycles. The van der Waals surface area contributed by atoms with Crippen LogP contribution in [0.1, 0.15) is 56.8 Å². The molecular weight excluding hydrogens is 410 g/mol. The van der Waals surface area contributed by atoms with Crippen molar-refractivity contribution < 1.29 is 9.53 Å². The van der Waals surface area contributed by atoms with E-state index in [0.717, 1.165) is 27.5 Å². The molecule has 1 N–H and O–H groups in total. The summed E-state index contributed by atoms with van der Waals surface area (Å²) in [4.78, 5) is 13.4. The summed E-state index contributed by atoms with van der Waals surface area (Å²) in [7, 11) is 0. The lowest BCUT2D eigenvalue weighted by molar-refractivity contribution is 0.0531. The molecule has 1 heterocycles. The van der Waals surface area contributed by atoms with Crippen LogP contribution in [-0.4, -0.2) is 18.3 Å². The molecule has 1 aliphatic carbocycles. The first kappa shape index (κ1) is 20.9. The molecule has 4 rings (SSSR count).